The Morgan fingerprint density at radius 2 is 1.54 bits per heavy atom. The van der Waals surface area contributed by atoms with E-state index in [9.17, 15) is 9.59 Å². The van der Waals surface area contributed by atoms with Crippen LogP contribution in [0.3, 0.4) is 0 Å². The van der Waals surface area contributed by atoms with Gasteiger partial charge in [-0.1, -0.05) is 26.3 Å². The molecule has 0 atom stereocenters. The van der Waals surface area contributed by atoms with Crippen molar-refractivity contribution in [3.05, 3.63) is 53.1 Å². The summed E-state index contributed by atoms with van der Waals surface area (Å²) in [6, 6.07) is 10.6. The van der Waals surface area contributed by atoms with Gasteiger partial charge in [0.1, 0.15) is 5.75 Å². The number of aryl methyl sites for hydroxylation is 1. The van der Waals surface area contributed by atoms with Gasteiger partial charge in [-0.15, -0.1) is 0 Å². The summed E-state index contributed by atoms with van der Waals surface area (Å²) in [6.07, 6.45) is 4.31. The first-order chi connectivity index (χ1) is 12.7. The summed E-state index contributed by atoms with van der Waals surface area (Å²) in [5.74, 6) is 1.57. The van der Waals surface area contributed by atoms with E-state index in [1.165, 1.54) is 0 Å². The van der Waals surface area contributed by atoms with Gasteiger partial charge in [0.2, 0.25) is 0 Å². The summed E-state index contributed by atoms with van der Waals surface area (Å²) in [5.41, 5.74) is 2.02. The fourth-order valence-electron chi connectivity index (χ4n) is 2.37. The molecule has 0 aromatic heterocycles. The van der Waals surface area contributed by atoms with Gasteiger partial charge in [-0.3, -0.25) is 9.59 Å². The van der Waals surface area contributed by atoms with Crippen LogP contribution in [0.2, 0.25) is 0 Å². The average Bonchev–Trinajstić information content (AvgIpc) is 2.67. The van der Waals surface area contributed by atoms with Gasteiger partial charge in [-0.25, -0.2) is 0 Å². The van der Waals surface area contributed by atoms with Crippen LogP contribution in [0.25, 0.3) is 0 Å². The minimum absolute atomic E-state index is 0.418. The lowest BCUT2D eigenvalue weighted by atomic mass is 10.1. The van der Waals surface area contributed by atoms with Crippen LogP contribution in [-0.4, -0.2) is 35.1 Å². The third-order valence-electron chi connectivity index (χ3n) is 3.68. The van der Waals surface area contributed by atoms with Crippen molar-refractivity contribution < 1.29 is 21.9 Å². The number of ether oxygens (including phenoxy) is 1. The van der Waals surface area contributed by atoms with Crippen molar-refractivity contribution in [2.24, 2.45) is 0 Å². The van der Waals surface area contributed by atoms with Gasteiger partial charge in [-0.2, -0.15) is 0 Å². The van der Waals surface area contributed by atoms with Crippen molar-refractivity contribution in [3.8, 4) is 17.2 Å². The number of hydrogen-bond acceptors (Lipinski definition) is 5. The Kier molecular flexibility index (Phi) is 8.20. The van der Waals surface area contributed by atoms with Gasteiger partial charge < -0.3 is 12.3 Å². The minimum Gasteiger partial charge on any atom is -0.615 e. The van der Waals surface area contributed by atoms with Gasteiger partial charge >= 0.3 is 15.9 Å². The first kappa shape index (κ1) is 20.0. The summed E-state index contributed by atoms with van der Waals surface area (Å²) in [6.45, 7) is 4.71. The van der Waals surface area contributed by atoms with E-state index < -0.39 is 15.9 Å². The Bertz CT molecular complexity index is 745. The Hall–Kier alpha value is -2.29. The van der Waals surface area contributed by atoms with Crippen molar-refractivity contribution in [3.63, 3.8) is 0 Å². The van der Waals surface area contributed by atoms with E-state index in [0.29, 0.717) is 35.0 Å². The number of carbonyl (C=O) groups is 2. The van der Waals surface area contributed by atoms with Crippen molar-refractivity contribution in [2.45, 2.75) is 33.1 Å². The van der Waals surface area contributed by atoms with Crippen LogP contribution >= 0.6 is 0 Å². The minimum atomic E-state index is -0.938. The van der Waals surface area contributed by atoms with E-state index in [0.717, 1.165) is 37.4 Å². The van der Waals surface area contributed by atoms with E-state index in [4.69, 9.17) is 12.3 Å². The fourth-order valence-corrected chi connectivity index (χ4v) is 3.04. The first-order valence-corrected chi connectivity index (χ1v) is 9.61. The van der Waals surface area contributed by atoms with Gasteiger partial charge in [-0.05, 0) is 42.7 Å². The van der Waals surface area contributed by atoms with E-state index in [1.54, 1.807) is 24.3 Å². The van der Waals surface area contributed by atoms with E-state index >= 15 is 0 Å². The van der Waals surface area contributed by atoms with E-state index in [2.05, 4.69) is 6.92 Å². The van der Waals surface area contributed by atoms with Crippen LogP contribution in [0.4, 0.5) is 0 Å². The maximum atomic E-state index is 11.2. The molecule has 0 amide bonds. The zero-order valence-corrected chi connectivity index (χ0v) is 16.2. The van der Waals surface area contributed by atoms with Crippen LogP contribution in [0.15, 0.2) is 36.4 Å². The SMILES string of the molecule is CCCOc1ccc(C=O)c([O][Al][O]c2cc(CCC)ccc2C=O)c1. The number of benzene rings is 2. The van der Waals surface area contributed by atoms with Crippen LogP contribution < -0.4 is 12.3 Å². The fraction of sp³-hybridized carbons (Fsp3) is 0.300. The van der Waals surface area contributed by atoms with Crippen LogP contribution in [0, 0.1) is 0 Å². The highest BCUT2D eigenvalue weighted by molar-refractivity contribution is 6.21. The molecular formula is C20H22AlO5. The molecule has 0 N–H and O–H groups in total. The zero-order chi connectivity index (χ0) is 18.8. The molecule has 0 heterocycles. The Morgan fingerprint density at radius 3 is 2.15 bits per heavy atom. The molecule has 2 rings (SSSR count). The molecule has 0 bridgehead atoms. The lowest BCUT2D eigenvalue weighted by molar-refractivity contribution is 0.111. The van der Waals surface area contributed by atoms with Crippen LogP contribution in [0.5, 0.6) is 17.2 Å². The molecule has 0 aliphatic heterocycles. The van der Waals surface area contributed by atoms with Crippen LogP contribution in [0.1, 0.15) is 53.0 Å². The number of aldehydes is 2. The topological polar surface area (TPSA) is 61.8 Å². The lowest BCUT2D eigenvalue weighted by Crippen LogP contribution is -2.13. The van der Waals surface area contributed by atoms with Gasteiger partial charge in [0.15, 0.2) is 12.6 Å². The molecule has 1 radical (unpaired) electrons. The Labute approximate surface area is 160 Å². The molecule has 0 spiro atoms. The first-order valence-electron chi connectivity index (χ1n) is 8.67. The lowest BCUT2D eigenvalue weighted by Gasteiger charge is -2.14. The van der Waals surface area contributed by atoms with Crippen LogP contribution in [-0.2, 0) is 6.42 Å². The summed E-state index contributed by atoms with van der Waals surface area (Å²) in [5, 5.41) is 0. The smallest absolute Gasteiger partial charge is 0.615 e. The van der Waals surface area contributed by atoms with Gasteiger partial charge in [0.05, 0.1) is 29.2 Å². The third-order valence-corrected chi connectivity index (χ3v) is 4.38. The highest BCUT2D eigenvalue weighted by Gasteiger charge is 2.13. The van der Waals surface area contributed by atoms with Gasteiger partial charge in [0.25, 0.3) is 0 Å². The molecule has 0 aliphatic rings. The average molecular weight is 369 g/mol. The van der Waals surface area contributed by atoms with E-state index in [1.807, 2.05) is 19.1 Å². The zero-order valence-electron chi connectivity index (χ0n) is 15.1. The molecule has 0 saturated heterocycles. The summed E-state index contributed by atoms with van der Waals surface area (Å²) < 4.78 is 17.0. The maximum absolute atomic E-state index is 11.2. The molecule has 0 fully saturated rings. The summed E-state index contributed by atoms with van der Waals surface area (Å²) in [4.78, 5) is 22.4. The van der Waals surface area contributed by atoms with Crippen molar-refractivity contribution in [1.82, 2.24) is 0 Å². The Balaban J connectivity index is 2.07. The summed E-state index contributed by atoms with van der Waals surface area (Å²) >= 11 is -0.938. The molecule has 2 aromatic carbocycles. The van der Waals surface area contributed by atoms with Crippen molar-refractivity contribution in [2.75, 3.05) is 6.61 Å². The predicted octanol–water partition coefficient (Wildman–Crippen LogP) is 4.04. The molecule has 6 heteroatoms. The maximum Gasteiger partial charge on any atom is 0.881 e. The molecule has 0 aliphatic carbocycles. The van der Waals surface area contributed by atoms with Crippen molar-refractivity contribution >= 4 is 28.5 Å². The molecular weight excluding hydrogens is 347 g/mol. The monoisotopic (exact) mass is 369 g/mol. The summed E-state index contributed by atoms with van der Waals surface area (Å²) in [7, 11) is 0. The number of hydrogen-bond donors (Lipinski definition) is 0. The normalized spacial score (nSPS) is 10.1. The highest BCUT2D eigenvalue weighted by atomic mass is 27.2. The number of rotatable bonds is 11. The molecule has 0 saturated carbocycles. The standard InChI is InChI=1S/C10H12O3.C10H12O2.Al/c1-2-5-13-9-4-3-8(7-11)10(12)6-9;1-2-3-8-4-5-9(7-11)10(12)6-8;/h3-4,6-7,12H,2,5H2,1H3;4-7,12H,2-3H2,1H3;/q;;+2/p-2. The second-order valence-electron chi connectivity index (χ2n) is 5.74. The second kappa shape index (κ2) is 10.6. The predicted molar refractivity (Wildman–Crippen MR) is 100 cm³/mol. The van der Waals surface area contributed by atoms with Gasteiger partial charge in [0, 0.05) is 6.07 Å². The molecule has 0 unspecified atom stereocenters. The highest BCUT2D eigenvalue weighted by Crippen LogP contribution is 2.25. The Morgan fingerprint density at radius 1 is 0.885 bits per heavy atom. The second-order valence-corrected chi connectivity index (χ2v) is 6.40. The third kappa shape index (κ3) is 5.62. The molecule has 2 aromatic rings. The number of carbonyl (C=O) groups excluding carboxylic acids is 2. The quantitative estimate of drug-likeness (QED) is 0.442. The molecule has 26 heavy (non-hydrogen) atoms. The largest absolute Gasteiger partial charge is 0.881 e. The van der Waals surface area contributed by atoms with Crippen molar-refractivity contribution in [1.29, 1.82) is 0 Å². The van der Waals surface area contributed by atoms with E-state index in [-0.39, 0.29) is 0 Å². The molecule has 135 valence electrons. The molecule has 5 nitrogen and oxygen atoms in total.